The number of hydrogen-bond donors (Lipinski definition) is 0. The molecular formula is C23H37N3O. The summed E-state index contributed by atoms with van der Waals surface area (Å²) < 4.78 is 7.38. The summed E-state index contributed by atoms with van der Waals surface area (Å²) in [5.74, 6) is 0.917. The Hall–Kier alpha value is -1.97. The van der Waals surface area contributed by atoms with Crippen LogP contribution >= 0.6 is 0 Å². The number of fused-ring (bicyclic) bond motifs is 1. The third-order valence-electron chi connectivity index (χ3n) is 5.22. The van der Waals surface area contributed by atoms with Gasteiger partial charge in [-0.3, -0.25) is 4.68 Å². The molecule has 0 spiro atoms. The molecule has 0 unspecified atom stereocenters. The smallest absolute Gasteiger partial charge is 0.128 e. The molecule has 4 nitrogen and oxygen atoms in total. The molecule has 1 aromatic carbocycles. The Morgan fingerprint density at radius 1 is 1.04 bits per heavy atom. The van der Waals surface area contributed by atoms with Gasteiger partial charge >= 0.3 is 0 Å². The predicted molar refractivity (Wildman–Crippen MR) is 116 cm³/mol. The van der Waals surface area contributed by atoms with Gasteiger partial charge in [0.15, 0.2) is 0 Å². The van der Waals surface area contributed by atoms with Crippen LogP contribution in [0.4, 0.5) is 5.69 Å². The van der Waals surface area contributed by atoms with Gasteiger partial charge in [-0.25, -0.2) is 0 Å². The molecule has 0 saturated heterocycles. The van der Waals surface area contributed by atoms with Crippen LogP contribution in [0.1, 0.15) is 64.4 Å². The zero-order chi connectivity index (χ0) is 19.6. The standard InChI is InChI=1S/C15H19N3O.C8H18/c1-17-6-4-5-11-7-13(12-9-16-18(2)10-12)15(19-3)8-14(11)17;1-3-5-7-8-6-4-2/h7-10H,4-6H2,1-3H3;3-8H2,1-2H3. The minimum atomic E-state index is 0.917. The molecule has 0 amide bonds. The summed E-state index contributed by atoms with van der Waals surface area (Å²) in [7, 11) is 5.80. The Bertz CT molecular complexity index is 687. The van der Waals surface area contributed by atoms with Crippen molar-refractivity contribution < 1.29 is 4.74 Å². The summed E-state index contributed by atoms with van der Waals surface area (Å²) in [5.41, 5.74) is 4.92. The molecule has 1 aromatic heterocycles. The van der Waals surface area contributed by atoms with Gasteiger partial charge < -0.3 is 9.64 Å². The Morgan fingerprint density at radius 3 is 2.30 bits per heavy atom. The molecular weight excluding hydrogens is 334 g/mol. The van der Waals surface area contributed by atoms with Crippen LogP contribution in [0.25, 0.3) is 11.1 Å². The van der Waals surface area contributed by atoms with Gasteiger partial charge in [0, 0.05) is 49.7 Å². The van der Waals surface area contributed by atoms with Gasteiger partial charge in [0.25, 0.3) is 0 Å². The zero-order valence-electron chi connectivity index (χ0n) is 17.9. The fourth-order valence-electron chi connectivity index (χ4n) is 3.60. The number of ether oxygens (including phenoxy) is 1. The number of unbranched alkanes of at least 4 members (excludes halogenated alkanes) is 5. The first-order valence-corrected chi connectivity index (χ1v) is 10.5. The first-order valence-electron chi connectivity index (χ1n) is 10.5. The largest absolute Gasteiger partial charge is 0.496 e. The van der Waals surface area contributed by atoms with E-state index in [2.05, 4.69) is 43.0 Å². The number of aryl methyl sites for hydroxylation is 2. The summed E-state index contributed by atoms with van der Waals surface area (Å²) in [6.45, 7) is 5.63. The van der Waals surface area contributed by atoms with Gasteiger partial charge in [-0.05, 0) is 24.5 Å². The lowest BCUT2D eigenvalue weighted by Gasteiger charge is -2.28. The van der Waals surface area contributed by atoms with E-state index in [-0.39, 0.29) is 0 Å². The quantitative estimate of drug-likeness (QED) is 0.572. The molecule has 0 aliphatic carbocycles. The number of anilines is 1. The average Bonchev–Trinajstić information content (AvgIpc) is 3.11. The van der Waals surface area contributed by atoms with Crippen molar-refractivity contribution in [3.05, 3.63) is 30.1 Å². The van der Waals surface area contributed by atoms with Crippen LogP contribution < -0.4 is 9.64 Å². The maximum absolute atomic E-state index is 5.56. The van der Waals surface area contributed by atoms with E-state index in [1.807, 2.05) is 24.1 Å². The van der Waals surface area contributed by atoms with Crippen molar-refractivity contribution in [1.82, 2.24) is 9.78 Å². The van der Waals surface area contributed by atoms with Crippen LogP contribution in [0.3, 0.4) is 0 Å². The third kappa shape index (κ3) is 6.02. The molecule has 3 rings (SSSR count). The second kappa shape index (κ2) is 11.0. The highest BCUT2D eigenvalue weighted by Crippen LogP contribution is 2.38. The normalized spacial score (nSPS) is 13.0. The van der Waals surface area contributed by atoms with Crippen LogP contribution in [0.2, 0.25) is 0 Å². The molecule has 2 heterocycles. The summed E-state index contributed by atoms with van der Waals surface area (Å²) in [6.07, 6.45) is 14.7. The van der Waals surface area contributed by atoms with Crippen molar-refractivity contribution in [2.45, 2.75) is 65.2 Å². The highest BCUT2D eigenvalue weighted by atomic mass is 16.5. The Balaban J connectivity index is 0.000000279. The fourth-order valence-corrected chi connectivity index (χ4v) is 3.60. The molecule has 4 heteroatoms. The Morgan fingerprint density at radius 2 is 1.74 bits per heavy atom. The maximum atomic E-state index is 5.56. The second-order valence-electron chi connectivity index (χ2n) is 7.52. The number of benzene rings is 1. The van der Waals surface area contributed by atoms with Crippen LogP contribution in [0, 0.1) is 0 Å². The molecule has 0 bridgehead atoms. The van der Waals surface area contributed by atoms with Gasteiger partial charge in [0.2, 0.25) is 0 Å². The minimum Gasteiger partial charge on any atom is -0.496 e. The van der Waals surface area contributed by atoms with Crippen LogP contribution in [0.5, 0.6) is 5.75 Å². The molecule has 150 valence electrons. The van der Waals surface area contributed by atoms with Crippen molar-refractivity contribution >= 4 is 5.69 Å². The molecule has 0 radical (unpaired) electrons. The lowest BCUT2D eigenvalue weighted by molar-refractivity contribution is 0.416. The van der Waals surface area contributed by atoms with Crippen molar-refractivity contribution in [2.24, 2.45) is 7.05 Å². The van der Waals surface area contributed by atoms with E-state index in [4.69, 9.17) is 4.74 Å². The van der Waals surface area contributed by atoms with Gasteiger partial charge in [0.05, 0.1) is 13.3 Å². The summed E-state index contributed by atoms with van der Waals surface area (Å²) in [6, 6.07) is 4.40. The van der Waals surface area contributed by atoms with Gasteiger partial charge in [-0.1, -0.05) is 52.4 Å². The first kappa shape index (κ1) is 21.3. The van der Waals surface area contributed by atoms with E-state index in [0.717, 1.165) is 29.8 Å². The van der Waals surface area contributed by atoms with Crippen molar-refractivity contribution in [3.63, 3.8) is 0 Å². The van der Waals surface area contributed by atoms with Crippen LogP contribution in [-0.2, 0) is 13.5 Å². The summed E-state index contributed by atoms with van der Waals surface area (Å²) >= 11 is 0. The predicted octanol–water partition coefficient (Wildman–Crippen LogP) is 5.84. The topological polar surface area (TPSA) is 30.3 Å². The fraction of sp³-hybridized carbons (Fsp3) is 0.609. The molecule has 2 aromatic rings. The van der Waals surface area contributed by atoms with Gasteiger partial charge in [-0.15, -0.1) is 0 Å². The average molecular weight is 372 g/mol. The minimum absolute atomic E-state index is 0.917. The van der Waals surface area contributed by atoms with E-state index < -0.39 is 0 Å². The molecule has 27 heavy (non-hydrogen) atoms. The lowest BCUT2D eigenvalue weighted by Crippen LogP contribution is -2.24. The molecule has 0 fully saturated rings. The number of aromatic nitrogens is 2. The highest BCUT2D eigenvalue weighted by molar-refractivity contribution is 5.75. The maximum Gasteiger partial charge on any atom is 0.128 e. The van der Waals surface area contributed by atoms with Crippen LogP contribution in [0.15, 0.2) is 24.5 Å². The van der Waals surface area contributed by atoms with E-state index in [1.54, 1.807) is 7.11 Å². The van der Waals surface area contributed by atoms with E-state index in [1.165, 1.54) is 56.2 Å². The highest BCUT2D eigenvalue weighted by Gasteiger charge is 2.18. The van der Waals surface area contributed by atoms with E-state index in [0.29, 0.717) is 0 Å². The van der Waals surface area contributed by atoms with Crippen molar-refractivity contribution in [1.29, 1.82) is 0 Å². The van der Waals surface area contributed by atoms with Crippen molar-refractivity contribution in [3.8, 4) is 16.9 Å². The van der Waals surface area contributed by atoms with E-state index >= 15 is 0 Å². The van der Waals surface area contributed by atoms with Crippen LogP contribution in [-0.4, -0.2) is 30.5 Å². The number of rotatable bonds is 7. The molecule has 1 aliphatic rings. The van der Waals surface area contributed by atoms with Crippen molar-refractivity contribution in [2.75, 3.05) is 25.6 Å². The molecule has 0 atom stereocenters. The van der Waals surface area contributed by atoms with Gasteiger partial charge in [0.1, 0.15) is 5.75 Å². The Kier molecular flexibility index (Phi) is 8.70. The summed E-state index contributed by atoms with van der Waals surface area (Å²) in [4.78, 5) is 2.30. The lowest BCUT2D eigenvalue weighted by atomic mass is 9.97. The number of hydrogen-bond acceptors (Lipinski definition) is 3. The number of methoxy groups -OCH3 is 1. The SMILES string of the molecule is CCCCCCCC.COc1cc2c(cc1-c1cnn(C)c1)CCCN2C. The molecule has 0 saturated carbocycles. The monoisotopic (exact) mass is 371 g/mol. The van der Waals surface area contributed by atoms with Gasteiger partial charge in [-0.2, -0.15) is 5.10 Å². The Labute approximate surface area is 165 Å². The molecule has 0 N–H and O–H groups in total. The zero-order valence-corrected chi connectivity index (χ0v) is 17.9. The first-order chi connectivity index (χ1) is 13.1. The summed E-state index contributed by atoms with van der Waals surface area (Å²) in [5, 5.41) is 4.25. The second-order valence-corrected chi connectivity index (χ2v) is 7.52. The third-order valence-corrected chi connectivity index (χ3v) is 5.22. The van der Waals surface area contributed by atoms with E-state index in [9.17, 15) is 0 Å². The molecule has 1 aliphatic heterocycles. The number of nitrogens with zero attached hydrogens (tertiary/aromatic N) is 3.